The van der Waals surface area contributed by atoms with Crippen LogP contribution in [0.25, 0.3) is 11.0 Å². The van der Waals surface area contributed by atoms with E-state index in [2.05, 4.69) is 20.3 Å². The van der Waals surface area contributed by atoms with Crippen LogP contribution in [0.2, 0.25) is 0 Å². The molecule has 2 rings (SSSR count). The lowest BCUT2D eigenvalue weighted by atomic mass is 10.2. The van der Waals surface area contributed by atoms with E-state index < -0.39 is 4.92 Å². The molecule has 0 saturated heterocycles. The van der Waals surface area contributed by atoms with Gasteiger partial charge in [-0.1, -0.05) is 22.6 Å². The molecule has 0 aliphatic rings. The first-order chi connectivity index (χ1) is 10.1. The number of benzene rings is 1. The standard InChI is InChI=1S/C11H11IN4O5/c12-6-9(17)20-5-1-4-13-7-2-3-8(16(18)19)11-10(7)14-21-15-11/h2-3,13H,1,4-6H2. The minimum atomic E-state index is -0.542. The van der Waals surface area contributed by atoms with Gasteiger partial charge in [-0.15, -0.1) is 0 Å². The summed E-state index contributed by atoms with van der Waals surface area (Å²) in [6.45, 7) is 0.830. The Morgan fingerprint density at radius 1 is 1.43 bits per heavy atom. The number of aromatic nitrogens is 2. The first-order valence-corrected chi connectivity index (χ1v) is 7.51. The second kappa shape index (κ2) is 7.15. The number of rotatable bonds is 7. The third-order valence-corrected chi connectivity index (χ3v) is 3.22. The van der Waals surface area contributed by atoms with E-state index in [1.165, 1.54) is 6.07 Å². The van der Waals surface area contributed by atoms with Crippen molar-refractivity contribution in [1.82, 2.24) is 10.3 Å². The number of anilines is 1. The van der Waals surface area contributed by atoms with Crippen molar-refractivity contribution in [2.75, 3.05) is 22.9 Å². The van der Waals surface area contributed by atoms with E-state index in [0.717, 1.165) is 0 Å². The van der Waals surface area contributed by atoms with Crippen molar-refractivity contribution in [3.8, 4) is 0 Å². The smallest absolute Gasteiger partial charge is 0.315 e. The number of nitro groups is 1. The first kappa shape index (κ1) is 15.4. The second-order valence-corrected chi connectivity index (χ2v) is 4.75. The van der Waals surface area contributed by atoms with Gasteiger partial charge in [0.25, 0.3) is 0 Å². The Morgan fingerprint density at radius 3 is 2.90 bits per heavy atom. The summed E-state index contributed by atoms with van der Waals surface area (Å²) in [5.41, 5.74) is 0.819. The number of alkyl halides is 1. The maximum Gasteiger partial charge on any atom is 0.315 e. The number of carbonyl (C=O) groups excluding carboxylic acids is 1. The Labute approximate surface area is 132 Å². The van der Waals surface area contributed by atoms with Crippen molar-refractivity contribution in [3.63, 3.8) is 0 Å². The normalized spacial score (nSPS) is 10.5. The lowest BCUT2D eigenvalue weighted by molar-refractivity contribution is -0.383. The van der Waals surface area contributed by atoms with Gasteiger partial charge in [-0.3, -0.25) is 14.9 Å². The van der Waals surface area contributed by atoms with E-state index in [1.807, 2.05) is 22.6 Å². The van der Waals surface area contributed by atoms with Crippen molar-refractivity contribution in [2.24, 2.45) is 0 Å². The molecule has 2 aromatic rings. The molecular weight excluding hydrogens is 395 g/mol. The topological polar surface area (TPSA) is 120 Å². The van der Waals surface area contributed by atoms with Crippen LogP contribution in [0, 0.1) is 10.1 Å². The molecule has 0 aliphatic heterocycles. The Kier molecular flexibility index (Phi) is 5.25. The minimum Gasteiger partial charge on any atom is -0.465 e. The van der Waals surface area contributed by atoms with Crippen molar-refractivity contribution in [1.29, 1.82) is 0 Å². The fourth-order valence-corrected chi connectivity index (χ4v) is 1.88. The second-order valence-electron chi connectivity index (χ2n) is 3.99. The van der Waals surface area contributed by atoms with Gasteiger partial charge in [0.1, 0.15) is 0 Å². The van der Waals surface area contributed by atoms with Gasteiger partial charge in [0.2, 0.25) is 5.52 Å². The third-order valence-electron chi connectivity index (χ3n) is 2.60. The Bertz CT molecular complexity index is 659. The van der Waals surface area contributed by atoms with Crippen LogP contribution in [0.4, 0.5) is 11.4 Å². The highest BCUT2D eigenvalue weighted by Gasteiger charge is 2.19. The van der Waals surface area contributed by atoms with Crippen LogP contribution in [0.15, 0.2) is 16.8 Å². The van der Waals surface area contributed by atoms with Crippen molar-refractivity contribution in [2.45, 2.75) is 6.42 Å². The number of halogens is 1. The van der Waals surface area contributed by atoms with E-state index >= 15 is 0 Å². The van der Waals surface area contributed by atoms with Crippen molar-refractivity contribution >= 4 is 51.0 Å². The summed E-state index contributed by atoms with van der Waals surface area (Å²) in [5.74, 6) is -0.256. The molecule has 112 valence electrons. The molecule has 0 saturated carbocycles. The zero-order chi connectivity index (χ0) is 15.2. The van der Waals surface area contributed by atoms with Gasteiger partial charge in [0.05, 0.1) is 21.6 Å². The zero-order valence-corrected chi connectivity index (χ0v) is 12.9. The SMILES string of the molecule is O=C(CI)OCCCNc1ccc([N+](=O)[O-])c2nonc12. The van der Waals surface area contributed by atoms with Crippen LogP contribution < -0.4 is 5.32 Å². The molecular formula is C11H11IN4O5. The Balaban J connectivity index is 1.97. The number of fused-ring (bicyclic) bond motifs is 1. The number of ether oxygens (including phenoxy) is 1. The van der Waals surface area contributed by atoms with Crippen molar-refractivity contribution in [3.05, 3.63) is 22.2 Å². The molecule has 10 heteroatoms. The molecule has 0 aliphatic carbocycles. The maximum absolute atomic E-state index is 10.9. The summed E-state index contributed by atoms with van der Waals surface area (Å²) < 4.78 is 9.80. The summed E-state index contributed by atoms with van der Waals surface area (Å²) in [6.07, 6.45) is 0.603. The Hall–Kier alpha value is -1.98. The highest BCUT2D eigenvalue weighted by Crippen LogP contribution is 2.28. The summed E-state index contributed by atoms with van der Waals surface area (Å²) in [7, 11) is 0. The molecule has 1 heterocycles. The third kappa shape index (κ3) is 3.77. The van der Waals surface area contributed by atoms with Gasteiger partial charge in [-0.05, 0) is 22.8 Å². The minimum absolute atomic E-state index is 0.0985. The quantitative estimate of drug-likeness (QED) is 0.185. The summed E-state index contributed by atoms with van der Waals surface area (Å²) in [6, 6.07) is 2.88. The van der Waals surface area contributed by atoms with Gasteiger partial charge in [-0.2, -0.15) is 0 Å². The Morgan fingerprint density at radius 2 is 2.19 bits per heavy atom. The monoisotopic (exact) mass is 406 g/mol. The van der Waals surface area contributed by atoms with Crippen LogP contribution >= 0.6 is 22.6 Å². The molecule has 0 spiro atoms. The van der Waals surface area contributed by atoms with E-state index in [4.69, 9.17) is 4.74 Å². The van der Waals surface area contributed by atoms with Crippen LogP contribution in [-0.2, 0) is 9.53 Å². The van der Waals surface area contributed by atoms with Gasteiger partial charge < -0.3 is 10.1 Å². The number of nitrogens with zero attached hydrogens (tertiary/aromatic N) is 3. The van der Waals surface area contributed by atoms with E-state index in [0.29, 0.717) is 35.2 Å². The summed E-state index contributed by atoms with van der Waals surface area (Å²) >= 11 is 1.93. The maximum atomic E-state index is 10.9. The number of carbonyl (C=O) groups is 1. The largest absolute Gasteiger partial charge is 0.465 e. The van der Waals surface area contributed by atoms with Gasteiger partial charge in [-0.25, -0.2) is 4.63 Å². The van der Waals surface area contributed by atoms with Crippen LogP contribution in [0.5, 0.6) is 0 Å². The predicted molar refractivity (Wildman–Crippen MR) is 81.4 cm³/mol. The molecule has 0 unspecified atom stereocenters. The van der Waals surface area contributed by atoms with Crippen LogP contribution in [-0.4, -0.2) is 38.8 Å². The molecule has 0 amide bonds. The van der Waals surface area contributed by atoms with Crippen LogP contribution in [0.1, 0.15) is 6.42 Å². The number of nitrogens with one attached hydrogen (secondary N) is 1. The number of nitro benzene ring substituents is 1. The average Bonchev–Trinajstić information content (AvgIpc) is 2.95. The van der Waals surface area contributed by atoms with Gasteiger partial charge >= 0.3 is 11.7 Å². The molecule has 9 nitrogen and oxygen atoms in total. The molecule has 1 N–H and O–H groups in total. The number of hydrogen-bond acceptors (Lipinski definition) is 8. The molecule has 0 radical (unpaired) electrons. The highest BCUT2D eigenvalue weighted by molar-refractivity contribution is 14.1. The molecule has 0 fully saturated rings. The molecule has 1 aromatic heterocycles. The molecule has 1 aromatic carbocycles. The van der Waals surface area contributed by atoms with E-state index in [1.54, 1.807) is 6.07 Å². The predicted octanol–water partition coefficient (Wildman–Crippen LogP) is 1.91. The lowest BCUT2D eigenvalue weighted by Gasteiger charge is -2.06. The summed E-state index contributed by atoms with van der Waals surface area (Å²) in [5, 5.41) is 21.1. The summed E-state index contributed by atoms with van der Waals surface area (Å²) in [4.78, 5) is 21.2. The molecule has 21 heavy (non-hydrogen) atoms. The first-order valence-electron chi connectivity index (χ1n) is 5.98. The number of non-ortho nitro benzene ring substituents is 1. The van der Waals surface area contributed by atoms with Gasteiger partial charge in [0.15, 0.2) is 5.52 Å². The average molecular weight is 406 g/mol. The molecule has 0 bridgehead atoms. The highest BCUT2D eigenvalue weighted by atomic mass is 127. The van der Waals surface area contributed by atoms with E-state index in [-0.39, 0.29) is 17.2 Å². The fourth-order valence-electron chi connectivity index (χ4n) is 1.66. The molecule has 0 atom stereocenters. The van der Waals surface area contributed by atoms with E-state index in [9.17, 15) is 14.9 Å². The van der Waals surface area contributed by atoms with Gasteiger partial charge in [0, 0.05) is 12.6 Å². The fraction of sp³-hybridized carbons (Fsp3) is 0.364. The zero-order valence-electron chi connectivity index (χ0n) is 10.7. The number of esters is 1. The van der Waals surface area contributed by atoms with Crippen molar-refractivity contribution < 1.29 is 19.1 Å². The lowest BCUT2D eigenvalue weighted by Crippen LogP contribution is -2.10. The van der Waals surface area contributed by atoms with Crippen LogP contribution in [0.3, 0.4) is 0 Å². The number of hydrogen-bond donors (Lipinski definition) is 1.